The van der Waals surface area contributed by atoms with Crippen LogP contribution in [0.2, 0.25) is 0 Å². The van der Waals surface area contributed by atoms with E-state index in [1.807, 2.05) is 36.4 Å². The molecule has 7 nitrogen and oxygen atoms in total. The number of amides is 1. The molecule has 5 rings (SSSR count). The lowest BCUT2D eigenvalue weighted by molar-refractivity contribution is 0.158. The predicted molar refractivity (Wildman–Crippen MR) is 125 cm³/mol. The molecule has 0 bridgehead atoms. The first kappa shape index (κ1) is 21.5. The van der Waals surface area contributed by atoms with Crippen molar-refractivity contribution in [2.75, 3.05) is 25.0 Å². The molecule has 0 saturated carbocycles. The number of ether oxygens (including phenoxy) is 1. The Bertz CT molecular complexity index is 1270. The molecule has 1 heterocycles. The number of nitrogens with zero attached hydrogens (tertiary/aromatic N) is 1. The van der Waals surface area contributed by atoms with Crippen molar-refractivity contribution in [3.63, 3.8) is 0 Å². The summed E-state index contributed by atoms with van der Waals surface area (Å²) in [4.78, 5) is 12.6. The van der Waals surface area contributed by atoms with E-state index in [0.29, 0.717) is 13.1 Å². The Labute approximate surface area is 192 Å². The Hall–Kier alpha value is -3.36. The zero-order chi connectivity index (χ0) is 23.0. The van der Waals surface area contributed by atoms with Crippen LogP contribution in [0.3, 0.4) is 0 Å². The summed E-state index contributed by atoms with van der Waals surface area (Å²) in [5, 5.41) is 12.7. The Morgan fingerprint density at radius 1 is 0.970 bits per heavy atom. The molecule has 1 fully saturated rings. The molecular weight excluding hydrogens is 440 g/mol. The van der Waals surface area contributed by atoms with Crippen LogP contribution in [0.1, 0.15) is 29.9 Å². The number of aromatic hydroxyl groups is 1. The third kappa shape index (κ3) is 3.96. The lowest BCUT2D eigenvalue weighted by Crippen LogP contribution is -2.28. The van der Waals surface area contributed by atoms with Gasteiger partial charge in [0.1, 0.15) is 12.4 Å². The minimum absolute atomic E-state index is 0.00695. The molecule has 0 spiro atoms. The van der Waals surface area contributed by atoms with Crippen LogP contribution in [0.5, 0.6) is 5.75 Å². The van der Waals surface area contributed by atoms with Crippen molar-refractivity contribution >= 4 is 21.8 Å². The first-order chi connectivity index (χ1) is 15.9. The molecule has 8 heteroatoms. The third-order valence-corrected chi connectivity index (χ3v) is 8.15. The Kier molecular flexibility index (Phi) is 5.55. The molecule has 0 radical (unpaired) electrons. The summed E-state index contributed by atoms with van der Waals surface area (Å²) in [5.74, 6) is -0.331. The highest BCUT2D eigenvalue weighted by molar-refractivity contribution is 7.89. The van der Waals surface area contributed by atoms with E-state index in [-0.39, 0.29) is 28.9 Å². The first-order valence-corrected chi connectivity index (χ1v) is 12.3. The van der Waals surface area contributed by atoms with Crippen molar-refractivity contribution in [3.8, 4) is 16.9 Å². The lowest BCUT2D eigenvalue weighted by atomic mass is 9.98. The second kappa shape index (κ2) is 8.53. The summed E-state index contributed by atoms with van der Waals surface area (Å²) >= 11 is 0. The molecule has 33 heavy (non-hydrogen) atoms. The van der Waals surface area contributed by atoms with Gasteiger partial charge in [-0.1, -0.05) is 48.5 Å². The number of hydrogen-bond donors (Lipinski definition) is 2. The van der Waals surface area contributed by atoms with Crippen molar-refractivity contribution in [2.24, 2.45) is 0 Å². The van der Waals surface area contributed by atoms with Crippen molar-refractivity contribution in [1.82, 2.24) is 4.31 Å². The first-order valence-electron chi connectivity index (χ1n) is 10.9. The minimum Gasteiger partial charge on any atom is -0.506 e. The van der Waals surface area contributed by atoms with Gasteiger partial charge in [0.2, 0.25) is 10.0 Å². The Morgan fingerprint density at radius 2 is 1.58 bits per heavy atom. The van der Waals surface area contributed by atoms with Crippen LogP contribution in [0.4, 0.5) is 10.5 Å². The van der Waals surface area contributed by atoms with Gasteiger partial charge in [0.05, 0.1) is 10.6 Å². The second-order valence-electron chi connectivity index (χ2n) is 8.24. The molecule has 1 aliphatic heterocycles. The molecule has 3 aromatic carbocycles. The van der Waals surface area contributed by atoms with Gasteiger partial charge < -0.3 is 9.84 Å². The quantitative estimate of drug-likeness (QED) is 0.541. The molecule has 0 atom stereocenters. The van der Waals surface area contributed by atoms with E-state index in [2.05, 4.69) is 17.4 Å². The lowest BCUT2D eigenvalue weighted by Gasteiger charge is -2.17. The highest BCUT2D eigenvalue weighted by Crippen LogP contribution is 2.44. The van der Waals surface area contributed by atoms with Gasteiger partial charge in [-0.3, -0.25) is 5.32 Å². The van der Waals surface area contributed by atoms with E-state index in [0.717, 1.165) is 35.1 Å². The molecule has 2 aliphatic rings. The zero-order valence-electron chi connectivity index (χ0n) is 17.9. The largest absolute Gasteiger partial charge is 0.506 e. The summed E-state index contributed by atoms with van der Waals surface area (Å²) in [6.07, 6.45) is 0.882. The summed E-state index contributed by atoms with van der Waals surface area (Å²) in [5.41, 5.74) is 4.42. The van der Waals surface area contributed by atoms with Gasteiger partial charge in [-0.05, 0) is 53.3 Å². The molecule has 1 aliphatic carbocycles. The number of anilines is 1. The molecule has 170 valence electrons. The summed E-state index contributed by atoms with van der Waals surface area (Å²) in [6, 6.07) is 19.9. The standard InChI is InChI=1S/C25H24N2O5S/c28-24-12-11-17(33(30,31)27-13-5-6-14-27)15-23(24)26-25(29)32-16-22-20-9-3-1-7-18(20)19-8-2-4-10-21(19)22/h1-4,7-12,15,22,28H,5-6,13-14,16H2,(H,26,29). The molecule has 0 unspecified atom stereocenters. The number of fused-ring (bicyclic) bond motifs is 3. The van der Waals surface area contributed by atoms with Crippen LogP contribution in [0.25, 0.3) is 11.1 Å². The number of phenols is 1. The number of benzene rings is 3. The van der Waals surface area contributed by atoms with Crippen molar-refractivity contribution in [2.45, 2.75) is 23.7 Å². The highest BCUT2D eigenvalue weighted by atomic mass is 32.2. The fraction of sp³-hybridized carbons (Fsp3) is 0.240. The molecule has 0 aromatic heterocycles. The minimum atomic E-state index is -3.68. The average molecular weight is 465 g/mol. The maximum Gasteiger partial charge on any atom is 0.411 e. The van der Waals surface area contributed by atoms with Gasteiger partial charge in [-0.2, -0.15) is 4.31 Å². The molecule has 3 aromatic rings. The van der Waals surface area contributed by atoms with E-state index in [9.17, 15) is 18.3 Å². The van der Waals surface area contributed by atoms with Crippen LogP contribution in [-0.2, 0) is 14.8 Å². The second-order valence-corrected chi connectivity index (χ2v) is 10.2. The monoisotopic (exact) mass is 464 g/mol. The van der Waals surface area contributed by atoms with Gasteiger partial charge in [0, 0.05) is 19.0 Å². The molecular formula is C25H24N2O5S. The fourth-order valence-electron chi connectivity index (χ4n) is 4.60. The highest BCUT2D eigenvalue weighted by Gasteiger charge is 2.30. The normalized spacial score (nSPS) is 15.8. The predicted octanol–water partition coefficient (Wildman–Crippen LogP) is 4.54. The third-order valence-electron chi connectivity index (χ3n) is 6.25. The maximum atomic E-state index is 12.8. The number of hydrogen-bond acceptors (Lipinski definition) is 5. The Morgan fingerprint density at radius 3 is 2.21 bits per heavy atom. The number of nitrogens with one attached hydrogen (secondary N) is 1. The van der Waals surface area contributed by atoms with E-state index < -0.39 is 16.1 Å². The smallest absolute Gasteiger partial charge is 0.411 e. The van der Waals surface area contributed by atoms with Gasteiger partial charge in [-0.15, -0.1) is 0 Å². The van der Waals surface area contributed by atoms with Crippen LogP contribution in [0, 0.1) is 0 Å². The van der Waals surface area contributed by atoms with Gasteiger partial charge >= 0.3 is 6.09 Å². The molecule has 2 N–H and O–H groups in total. The van der Waals surface area contributed by atoms with Crippen LogP contribution in [0.15, 0.2) is 71.6 Å². The Balaban J connectivity index is 1.31. The zero-order valence-corrected chi connectivity index (χ0v) is 18.7. The number of sulfonamides is 1. The molecule has 1 saturated heterocycles. The van der Waals surface area contributed by atoms with E-state index in [1.54, 1.807) is 0 Å². The van der Waals surface area contributed by atoms with Crippen molar-refractivity contribution in [1.29, 1.82) is 0 Å². The summed E-state index contributed by atoms with van der Waals surface area (Å²) in [6.45, 7) is 1.06. The topological polar surface area (TPSA) is 95.9 Å². The number of carbonyl (C=O) groups is 1. The van der Waals surface area contributed by atoms with Gasteiger partial charge in [0.15, 0.2) is 0 Å². The van der Waals surface area contributed by atoms with Crippen LogP contribution in [-0.4, -0.2) is 43.6 Å². The molecule has 1 amide bonds. The van der Waals surface area contributed by atoms with E-state index in [1.165, 1.54) is 22.5 Å². The van der Waals surface area contributed by atoms with Crippen LogP contribution >= 0.6 is 0 Å². The number of carbonyl (C=O) groups excluding carboxylic acids is 1. The number of phenolic OH excluding ortho intramolecular Hbond substituents is 1. The van der Waals surface area contributed by atoms with Crippen molar-refractivity contribution in [3.05, 3.63) is 77.9 Å². The maximum absolute atomic E-state index is 12.8. The number of rotatable bonds is 5. The van der Waals surface area contributed by atoms with Gasteiger partial charge in [-0.25, -0.2) is 13.2 Å². The SMILES string of the molecule is O=C(Nc1cc(S(=O)(=O)N2CCCC2)ccc1O)OCC1c2ccccc2-c2ccccc21. The fourth-order valence-corrected chi connectivity index (χ4v) is 6.14. The van der Waals surface area contributed by atoms with Crippen molar-refractivity contribution < 1.29 is 23.1 Å². The van der Waals surface area contributed by atoms with E-state index in [4.69, 9.17) is 4.74 Å². The summed E-state index contributed by atoms with van der Waals surface area (Å²) < 4.78 is 32.6. The summed E-state index contributed by atoms with van der Waals surface area (Å²) in [7, 11) is -3.68. The van der Waals surface area contributed by atoms with Gasteiger partial charge in [0.25, 0.3) is 0 Å². The van der Waals surface area contributed by atoms with Crippen LogP contribution < -0.4 is 5.32 Å². The average Bonchev–Trinajstić information content (AvgIpc) is 3.47. The van der Waals surface area contributed by atoms with E-state index >= 15 is 0 Å².